The van der Waals surface area contributed by atoms with E-state index in [-0.39, 0.29) is 0 Å². The van der Waals surface area contributed by atoms with Crippen LogP contribution < -0.4 is 0 Å². The predicted octanol–water partition coefficient (Wildman–Crippen LogP) is 10.2. The summed E-state index contributed by atoms with van der Waals surface area (Å²) in [5.41, 5.74) is 4.51. The van der Waals surface area contributed by atoms with Gasteiger partial charge in [0.05, 0.1) is 0 Å². The third-order valence-corrected chi connectivity index (χ3v) is 8.29. The lowest BCUT2D eigenvalue weighted by molar-refractivity contribution is 0.669. The van der Waals surface area contributed by atoms with Crippen molar-refractivity contribution in [3.05, 3.63) is 140 Å². The van der Waals surface area contributed by atoms with E-state index >= 15 is 0 Å². The average molecular weight is 550 g/mol. The molecule has 0 atom stereocenters. The normalized spacial score (nSPS) is 11.7. The Bertz CT molecular complexity index is 2520. The first-order chi connectivity index (χ1) is 21.3. The van der Waals surface area contributed by atoms with Crippen molar-refractivity contribution in [1.29, 1.82) is 0 Å². The fourth-order valence-electron chi connectivity index (χ4n) is 6.27. The second kappa shape index (κ2) is 9.33. The van der Waals surface area contributed by atoms with E-state index in [1.165, 1.54) is 5.39 Å². The van der Waals surface area contributed by atoms with Crippen molar-refractivity contribution in [3.63, 3.8) is 0 Å². The average Bonchev–Trinajstić information content (AvgIpc) is 3.44. The summed E-state index contributed by atoms with van der Waals surface area (Å²) in [7, 11) is 0. The van der Waals surface area contributed by atoms with Gasteiger partial charge in [-0.25, -0.2) is 15.0 Å². The number of benzene rings is 7. The molecule has 0 N–H and O–H groups in total. The maximum absolute atomic E-state index is 6.39. The van der Waals surface area contributed by atoms with Crippen LogP contribution in [0.5, 0.6) is 0 Å². The Morgan fingerprint density at radius 2 is 1.05 bits per heavy atom. The first-order valence-corrected chi connectivity index (χ1v) is 14.4. The number of hydrogen-bond donors (Lipinski definition) is 0. The van der Waals surface area contributed by atoms with Gasteiger partial charge in [-0.15, -0.1) is 0 Å². The summed E-state index contributed by atoms with van der Waals surface area (Å²) < 4.78 is 6.39. The number of nitrogens with zero attached hydrogens (tertiary/aromatic N) is 3. The third kappa shape index (κ3) is 3.81. The molecule has 4 heteroatoms. The fraction of sp³-hybridized carbons (Fsp3) is 0. The van der Waals surface area contributed by atoms with E-state index in [4.69, 9.17) is 19.4 Å². The molecule has 0 radical (unpaired) electrons. The van der Waals surface area contributed by atoms with Gasteiger partial charge in [-0.1, -0.05) is 121 Å². The van der Waals surface area contributed by atoms with E-state index in [0.29, 0.717) is 17.5 Å². The third-order valence-electron chi connectivity index (χ3n) is 8.29. The molecule has 9 rings (SSSR count). The lowest BCUT2D eigenvalue weighted by Gasteiger charge is -2.13. The molecule has 0 aliphatic rings. The topological polar surface area (TPSA) is 51.8 Å². The van der Waals surface area contributed by atoms with Gasteiger partial charge >= 0.3 is 0 Å². The molecule has 200 valence electrons. The predicted molar refractivity (Wildman–Crippen MR) is 176 cm³/mol. The molecule has 4 nitrogen and oxygen atoms in total. The first kappa shape index (κ1) is 23.8. The van der Waals surface area contributed by atoms with Crippen molar-refractivity contribution in [2.75, 3.05) is 0 Å². The van der Waals surface area contributed by atoms with E-state index in [1.54, 1.807) is 0 Å². The molecule has 0 saturated carbocycles. The molecule has 2 aromatic heterocycles. The Hall–Kier alpha value is -5.87. The Kier molecular flexibility index (Phi) is 5.16. The van der Waals surface area contributed by atoms with Crippen LogP contribution in [0.15, 0.2) is 144 Å². The first-order valence-electron chi connectivity index (χ1n) is 14.4. The van der Waals surface area contributed by atoms with Crippen molar-refractivity contribution in [2.24, 2.45) is 0 Å². The zero-order valence-corrected chi connectivity index (χ0v) is 23.0. The number of rotatable bonds is 3. The zero-order chi connectivity index (χ0) is 28.3. The molecule has 0 aliphatic heterocycles. The number of aromatic nitrogens is 3. The summed E-state index contributed by atoms with van der Waals surface area (Å²) in [5.74, 6) is 1.89. The molecule has 0 spiro atoms. The quantitative estimate of drug-likeness (QED) is 0.220. The van der Waals surface area contributed by atoms with Crippen LogP contribution in [-0.2, 0) is 0 Å². The maximum atomic E-state index is 6.39. The molecule has 43 heavy (non-hydrogen) atoms. The van der Waals surface area contributed by atoms with E-state index in [9.17, 15) is 0 Å². The van der Waals surface area contributed by atoms with Crippen molar-refractivity contribution in [1.82, 2.24) is 15.0 Å². The van der Waals surface area contributed by atoms with Crippen molar-refractivity contribution in [2.45, 2.75) is 0 Å². The highest BCUT2D eigenvalue weighted by Crippen LogP contribution is 2.41. The minimum Gasteiger partial charge on any atom is -0.456 e. The molecular formula is C39H23N3O. The van der Waals surface area contributed by atoms with Crippen LogP contribution in [0.4, 0.5) is 0 Å². The van der Waals surface area contributed by atoms with Gasteiger partial charge < -0.3 is 4.42 Å². The largest absolute Gasteiger partial charge is 0.456 e. The van der Waals surface area contributed by atoms with Gasteiger partial charge in [0.2, 0.25) is 0 Å². The number of para-hydroxylation sites is 1. The molecule has 0 saturated heterocycles. The highest BCUT2D eigenvalue weighted by atomic mass is 16.3. The van der Waals surface area contributed by atoms with Crippen LogP contribution in [-0.4, -0.2) is 15.0 Å². The smallest absolute Gasteiger partial charge is 0.165 e. The summed E-state index contributed by atoms with van der Waals surface area (Å²) in [6, 6.07) is 48.1. The molecule has 9 aromatic rings. The molecule has 0 fully saturated rings. The molecular weight excluding hydrogens is 526 g/mol. The van der Waals surface area contributed by atoms with Crippen LogP contribution in [0.25, 0.3) is 88.4 Å². The highest BCUT2D eigenvalue weighted by Gasteiger charge is 2.21. The van der Waals surface area contributed by atoms with Crippen LogP contribution >= 0.6 is 0 Å². The van der Waals surface area contributed by atoms with Gasteiger partial charge in [-0.05, 0) is 50.5 Å². The summed E-state index contributed by atoms with van der Waals surface area (Å²) in [6.45, 7) is 0. The molecule has 0 aliphatic carbocycles. The van der Waals surface area contributed by atoms with E-state index in [0.717, 1.165) is 65.6 Å². The summed E-state index contributed by atoms with van der Waals surface area (Å²) in [6.07, 6.45) is 0. The second-order valence-electron chi connectivity index (χ2n) is 10.8. The van der Waals surface area contributed by atoms with Crippen LogP contribution in [0.2, 0.25) is 0 Å². The SMILES string of the molecule is c1ccc2cc(-c3nc(-c4cccc5ccccc45)nc(-c4c5ccccc5cc5oc6ccccc6c45)n3)ccc2c1. The maximum Gasteiger partial charge on any atom is 0.165 e. The molecule has 0 bridgehead atoms. The van der Waals surface area contributed by atoms with Gasteiger partial charge in [0.1, 0.15) is 11.2 Å². The minimum atomic E-state index is 0.620. The second-order valence-corrected chi connectivity index (χ2v) is 10.8. The number of hydrogen-bond acceptors (Lipinski definition) is 4. The lowest BCUT2D eigenvalue weighted by atomic mass is 9.97. The van der Waals surface area contributed by atoms with Crippen molar-refractivity contribution >= 4 is 54.3 Å². The Labute approximate surface area is 246 Å². The molecule has 0 unspecified atom stereocenters. The van der Waals surface area contributed by atoms with Gasteiger partial charge in [0, 0.05) is 27.5 Å². The van der Waals surface area contributed by atoms with Crippen LogP contribution in [0.3, 0.4) is 0 Å². The Morgan fingerprint density at radius 1 is 0.395 bits per heavy atom. The van der Waals surface area contributed by atoms with Gasteiger partial charge in [0.25, 0.3) is 0 Å². The monoisotopic (exact) mass is 549 g/mol. The fourth-order valence-corrected chi connectivity index (χ4v) is 6.27. The van der Waals surface area contributed by atoms with Crippen molar-refractivity contribution < 1.29 is 4.42 Å². The Morgan fingerprint density at radius 3 is 1.93 bits per heavy atom. The number of fused-ring (bicyclic) bond motifs is 6. The standard InChI is InChI=1S/C39H23N3O/c1-2-12-26-22-28(21-20-24(26)10-1)37-40-38(31-18-9-14-25-11-3-5-15-29(25)31)42-39(41-37)36-30-16-6-4-13-27(30)23-34-35(36)32-17-7-8-19-33(32)43-34/h1-23H. The summed E-state index contributed by atoms with van der Waals surface area (Å²) in [4.78, 5) is 15.6. The van der Waals surface area contributed by atoms with Gasteiger partial charge in [0.15, 0.2) is 17.5 Å². The van der Waals surface area contributed by atoms with E-state index in [2.05, 4.69) is 121 Å². The minimum absolute atomic E-state index is 0.620. The Balaban J connectivity index is 1.41. The molecule has 7 aromatic carbocycles. The van der Waals surface area contributed by atoms with Crippen molar-refractivity contribution in [3.8, 4) is 34.2 Å². The summed E-state index contributed by atoms with van der Waals surface area (Å²) in [5, 5.41) is 8.75. The van der Waals surface area contributed by atoms with Gasteiger partial charge in [-0.3, -0.25) is 0 Å². The molecule has 2 heterocycles. The summed E-state index contributed by atoms with van der Waals surface area (Å²) >= 11 is 0. The van der Waals surface area contributed by atoms with Crippen LogP contribution in [0.1, 0.15) is 0 Å². The lowest BCUT2D eigenvalue weighted by Crippen LogP contribution is -2.01. The van der Waals surface area contributed by atoms with E-state index in [1.807, 2.05) is 18.2 Å². The van der Waals surface area contributed by atoms with Gasteiger partial charge in [-0.2, -0.15) is 0 Å². The highest BCUT2D eigenvalue weighted by molar-refractivity contribution is 6.20. The van der Waals surface area contributed by atoms with E-state index < -0.39 is 0 Å². The van der Waals surface area contributed by atoms with Crippen LogP contribution in [0, 0.1) is 0 Å². The zero-order valence-electron chi connectivity index (χ0n) is 23.0. The molecule has 0 amide bonds. The number of furan rings is 1.